The van der Waals surface area contributed by atoms with Gasteiger partial charge in [-0.05, 0) is 24.3 Å². The molecule has 1 fully saturated rings. The molecule has 2 rings (SSSR count). The van der Waals surface area contributed by atoms with E-state index in [0.29, 0.717) is 24.3 Å². The minimum Gasteiger partial charge on any atom is -0.355 e. The monoisotopic (exact) mass is 361 g/mol. The Kier molecular flexibility index (Phi) is 7.11. The molecule has 1 heterocycles. The standard InChI is InChI=1S/C18H27N5O3/c1-19-18(26)14-4-6-15(7-5-14)20-16(24)12-22-8-10-23(11-9-22)13-17(25)21(2)3/h4-7H,8-13H2,1-3H3,(H,19,26)(H,20,24). The second-order valence-corrected chi connectivity index (χ2v) is 6.55. The number of carbonyl (C=O) groups excluding carboxylic acids is 3. The zero-order valence-corrected chi connectivity index (χ0v) is 15.6. The van der Waals surface area contributed by atoms with Gasteiger partial charge in [0.25, 0.3) is 5.91 Å². The van der Waals surface area contributed by atoms with E-state index < -0.39 is 0 Å². The van der Waals surface area contributed by atoms with Gasteiger partial charge in [-0.3, -0.25) is 24.2 Å². The fraction of sp³-hybridized carbons (Fsp3) is 0.500. The fourth-order valence-corrected chi connectivity index (χ4v) is 2.69. The van der Waals surface area contributed by atoms with Gasteiger partial charge in [0.1, 0.15) is 0 Å². The Morgan fingerprint density at radius 2 is 1.50 bits per heavy atom. The van der Waals surface area contributed by atoms with Crippen LogP contribution in [0.1, 0.15) is 10.4 Å². The number of piperazine rings is 1. The van der Waals surface area contributed by atoms with Gasteiger partial charge in [-0.1, -0.05) is 0 Å². The molecule has 3 amide bonds. The first kappa shape index (κ1) is 19.9. The molecule has 142 valence electrons. The summed E-state index contributed by atoms with van der Waals surface area (Å²) in [4.78, 5) is 41.2. The zero-order valence-electron chi connectivity index (χ0n) is 15.6. The summed E-state index contributed by atoms with van der Waals surface area (Å²) in [5.41, 5.74) is 1.21. The molecule has 1 aliphatic rings. The van der Waals surface area contributed by atoms with Gasteiger partial charge in [0.2, 0.25) is 11.8 Å². The van der Waals surface area contributed by atoms with E-state index in [1.165, 1.54) is 0 Å². The Hall–Kier alpha value is -2.45. The van der Waals surface area contributed by atoms with Gasteiger partial charge in [-0.2, -0.15) is 0 Å². The number of anilines is 1. The minimum atomic E-state index is -0.159. The van der Waals surface area contributed by atoms with Gasteiger partial charge < -0.3 is 15.5 Å². The Morgan fingerprint density at radius 3 is 2.00 bits per heavy atom. The van der Waals surface area contributed by atoms with Crippen LogP contribution in [0.25, 0.3) is 0 Å². The molecule has 1 aliphatic heterocycles. The van der Waals surface area contributed by atoms with Crippen LogP contribution < -0.4 is 10.6 Å². The van der Waals surface area contributed by atoms with Crippen molar-refractivity contribution in [3.05, 3.63) is 29.8 Å². The first-order chi connectivity index (χ1) is 12.4. The van der Waals surface area contributed by atoms with E-state index in [-0.39, 0.29) is 17.7 Å². The van der Waals surface area contributed by atoms with Gasteiger partial charge in [0, 0.05) is 58.6 Å². The fourth-order valence-electron chi connectivity index (χ4n) is 2.69. The average molecular weight is 361 g/mol. The van der Waals surface area contributed by atoms with Gasteiger partial charge in [0.15, 0.2) is 0 Å². The quantitative estimate of drug-likeness (QED) is 0.726. The van der Waals surface area contributed by atoms with Crippen molar-refractivity contribution >= 4 is 23.4 Å². The molecular weight excluding hydrogens is 334 g/mol. The molecule has 8 nitrogen and oxygen atoms in total. The molecule has 0 aliphatic carbocycles. The SMILES string of the molecule is CNC(=O)c1ccc(NC(=O)CN2CCN(CC(=O)N(C)C)CC2)cc1. The van der Waals surface area contributed by atoms with Crippen molar-refractivity contribution in [2.75, 3.05) is 65.7 Å². The summed E-state index contributed by atoms with van der Waals surface area (Å²) in [7, 11) is 5.09. The maximum absolute atomic E-state index is 12.2. The Balaban J connectivity index is 1.75. The van der Waals surface area contributed by atoms with E-state index in [0.717, 1.165) is 26.2 Å². The Labute approximate surface area is 154 Å². The number of likely N-dealkylation sites (N-methyl/N-ethyl adjacent to an activating group) is 1. The van der Waals surface area contributed by atoms with Crippen LogP contribution in [0.15, 0.2) is 24.3 Å². The zero-order chi connectivity index (χ0) is 19.1. The summed E-state index contributed by atoms with van der Waals surface area (Å²) < 4.78 is 0. The van der Waals surface area contributed by atoms with Crippen molar-refractivity contribution in [1.82, 2.24) is 20.0 Å². The van der Waals surface area contributed by atoms with Gasteiger partial charge in [-0.25, -0.2) is 0 Å². The summed E-state index contributed by atoms with van der Waals surface area (Å²) in [5.74, 6) is -0.152. The van der Waals surface area contributed by atoms with Crippen LogP contribution in [0.2, 0.25) is 0 Å². The molecule has 0 saturated carbocycles. The lowest BCUT2D eigenvalue weighted by Crippen LogP contribution is -2.50. The second kappa shape index (κ2) is 9.30. The lowest BCUT2D eigenvalue weighted by Gasteiger charge is -2.34. The predicted octanol–water partition coefficient (Wildman–Crippen LogP) is -0.309. The van der Waals surface area contributed by atoms with E-state index in [9.17, 15) is 14.4 Å². The number of amides is 3. The highest BCUT2D eigenvalue weighted by Gasteiger charge is 2.21. The third kappa shape index (κ3) is 5.82. The Morgan fingerprint density at radius 1 is 0.962 bits per heavy atom. The van der Waals surface area contributed by atoms with Crippen LogP contribution in [0.5, 0.6) is 0 Å². The largest absolute Gasteiger partial charge is 0.355 e. The van der Waals surface area contributed by atoms with Gasteiger partial charge in [-0.15, -0.1) is 0 Å². The molecule has 1 aromatic rings. The molecule has 0 bridgehead atoms. The normalized spacial score (nSPS) is 15.3. The van der Waals surface area contributed by atoms with Crippen molar-refractivity contribution in [2.45, 2.75) is 0 Å². The number of rotatable bonds is 6. The average Bonchev–Trinajstić information content (AvgIpc) is 2.63. The van der Waals surface area contributed by atoms with E-state index in [2.05, 4.69) is 20.4 Å². The molecule has 0 spiro atoms. The van der Waals surface area contributed by atoms with Crippen LogP contribution in [0, 0.1) is 0 Å². The highest BCUT2D eigenvalue weighted by molar-refractivity contribution is 5.96. The molecule has 0 aromatic heterocycles. The van der Waals surface area contributed by atoms with Crippen LogP contribution in [0.4, 0.5) is 5.69 Å². The van der Waals surface area contributed by atoms with E-state index in [1.54, 1.807) is 50.3 Å². The lowest BCUT2D eigenvalue weighted by molar-refractivity contribution is -0.130. The van der Waals surface area contributed by atoms with Crippen LogP contribution in [-0.2, 0) is 9.59 Å². The van der Waals surface area contributed by atoms with Gasteiger partial charge in [0.05, 0.1) is 13.1 Å². The maximum Gasteiger partial charge on any atom is 0.251 e. The van der Waals surface area contributed by atoms with Crippen molar-refractivity contribution in [3.8, 4) is 0 Å². The van der Waals surface area contributed by atoms with E-state index >= 15 is 0 Å². The second-order valence-electron chi connectivity index (χ2n) is 6.55. The highest BCUT2D eigenvalue weighted by Crippen LogP contribution is 2.10. The molecule has 0 atom stereocenters. The van der Waals surface area contributed by atoms with Crippen LogP contribution in [-0.4, -0.2) is 92.8 Å². The summed E-state index contributed by atoms with van der Waals surface area (Å²) >= 11 is 0. The van der Waals surface area contributed by atoms with Crippen molar-refractivity contribution in [1.29, 1.82) is 0 Å². The first-order valence-corrected chi connectivity index (χ1v) is 8.66. The number of carbonyl (C=O) groups is 3. The summed E-state index contributed by atoms with van der Waals surface area (Å²) in [6.45, 7) is 3.78. The van der Waals surface area contributed by atoms with Crippen molar-refractivity contribution in [2.24, 2.45) is 0 Å². The van der Waals surface area contributed by atoms with Crippen LogP contribution in [0.3, 0.4) is 0 Å². The number of hydrogen-bond donors (Lipinski definition) is 2. The minimum absolute atomic E-state index is 0.0875. The van der Waals surface area contributed by atoms with Crippen LogP contribution >= 0.6 is 0 Å². The summed E-state index contributed by atoms with van der Waals surface area (Å²) in [6, 6.07) is 6.78. The molecule has 0 unspecified atom stereocenters. The Bertz CT molecular complexity index is 637. The first-order valence-electron chi connectivity index (χ1n) is 8.66. The third-order valence-electron chi connectivity index (χ3n) is 4.35. The van der Waals surface area contributed by atoms with Crippen molar-refractivity contribution < 1.29 is 14.4 Å². The number of nitrogens with zero attached hydrogens (tertiary/aromatic N) is 3. The lowest BCUT2D eigenvalue weighted by atomic mass is 10.2. The predicted molar refractivity (Wildman–Crippen MR) is 100 cm³/mol. The highest BCUT2D eigenvalue weighted by atomic mass is 16.2. The summed E-state index contributed by atoms with van der Waals surface area (Å²) in [5, 5.41) is 5.40. The molecule has 1 aromatic carbocycles. The molecule has 2 N–H and O–H groups in total. The molecule has 0 radical (unpaired) electrons. The van der Waals surface area contributed by atoms with Gasteiger partial charge >= 0.3 is 0 Å². The third-order valence-corrected chi connectivity index (χ3v) is 4.35. The number of nitrogens with one attached hydrogen (secondary N) is 2. The summed E-state index contributed by atoms with van der Waals surface area (Å²) in [6.07, 6.45) is 0. The van der Waals surface area contributed by atoms with Crippen molar-refractivity contribution in [3.63, 3.8) is 0 Å². The van der Waals surface area contributed by atoms with E-state index in [1.807, 2.05) is 0 Å². The number of benzene rings is 1. The molecule has 8 heteroatoms. The molecule has 1 saturated heterocycles. The molecular formula is C18H27N5O3. The topological polar surface area (TPSA) is 85.0 Å². The van der Waals surface area contributed by atoms with E-state index in [4.69, 9.17) is 0 Å². The smallest absolute Gasteiger partial charge is 0.251 e. The maximum atomic E-state index is 12.2. The molecule has 26 heavy (non-hydrogen) atoms. The number of hydrogen-bond acceptors (Lipinski definition) is 5.